The molecular formula is C21H18N4O2S. The van der Waals surface area contributed by atoms with E-state index in [1.807, 2.05) is 66.9 Å². The van der Waals surface area contributed by atoms with Gasteiger partial charge in [0.15, 0.2) is 5.13 Å². The fraction of sp³-hybridized carbons (Fsp3) is 0.0952. The Morgan fingerprint density at radius 2 is 1.86 bits per heavy atom. The number of ether oxygens (including phenoxy) is 1. The van der Waals surface area contributed by atoms with E-state index in [2.05, 4.69) is 15.4 Å². The summed E-state index contributed by atoms with van der Waals surface area (Å²) in [5, 5.41) is 10.0. The number of carbonyl (C=O) groups is 1. The average molecular weight is 390 g/mol. The second-order valence-corrected chi connectivity index (χ2v) is 6.98. The third-order valence-corrected chi connectivity index (χ3v) is 5.06. The normalized spacial score (nSPS) is 10.6. The maximum Gasteiger partial charge on any atom is 0.261 e. The summed E-state index contributed by atoms with van der Waals surface area (Å²) in [7, 11) is 1.60. The zero-order valence-corrected chi connectivity index (χ0v) is 16.2. The van der Waals surface area contributed by atoms with Crippen LogP contribution in [0.15, 0.2) is 66.2 Å². The number of hydrogen-bond donors (Lipinski definition) is 1. The van der Waals surface area contributed by atoms with Crippen molar-refractivity contribution < 1.29 is 9.53 Å². The molecule has 2 heterocycles. The monoisotopic (exact) mass is 390 g/mol. The molecule has 4 rings (SSSR count). The lowest BCUT2D eigenvalue weighted by atomic mass is 10.1. The molecule has 6 nitrogen and oxygen atoms in total. The molecule has 2 aromatic carbocycles. The molecule has 28 heavy (non-hydrogen) atoms. The first-order valence-electron chi connectivity index (χ1n) is 8.67. The van der Waals surface area contributed by atoms with Gasteiger partial charge in [-0.25, -0.2) is 9.67 Å². The van der Waals surface area contributed by atoms with E-state index < -0.39 is 0 Å². The third kappa shape index (κ3) is 3.52. The predicted octanol–water partition coefficient (Wildman–Crippen LogP) is 4.57. The lowest BCUT2D eigenvalue weighted by Crippen LogP contribution is -2.12. The van der Waals surface area contributed by atoms with E-state index in [-0.39, 0.29) is 5.91 Å². The lowest BCUT2D eigenvalue weighted by molar-refractivity contribution is 0.102. The second kappa shape index (κ2) is 7.66. The predicted molar refractivity (Wildman–Crippen MR) is 110 cm³/mol. The van der Waals surface area contributed by atoms with E-state index >= 15 is 0 Å². The van der Waals surface area contributed by atoms with Crippen LogP contribution in [0.1, 0.15) is 16.1 Å². The number of methoxy groups -OCH3 is 1. The van der Waals surface area contributed by atoms with Crippen LogP contribution < -0.4 is 10.1 Å². The molecule has 0 saturated carbocycles. The molecule has 4 aromatic rings. The fourth-order valence-electron chi connectivity index (χ4n) is 2.87. The quantitative estimate of drug-likeness (QED) is 0.542. The molecule has 0 atom stereocenters. The molecule has 2 aromatic heterocycles. The van der Waals surface area contributed by atoms with Gasteiger partial charge in [0.2, 0.25) is 0 Å². The van der Waals surface area contributed by atoms with Crippen LogP contribution in [-0.2, 0) is 0 Å². The molecular weight excluding hydrogens is 372 g/mol. The largest absolute Gasteiger partial charge is 0.496 e. The summed E-state index contributed by atoms with van der Waals surface area (Å²) < 4.78 is 7.18. The fourth-order valence-corrected chi connectivity index (χ4v) is 3.55. The van der Waals surface area contributed by atoms with Crippen molar-refractivity contribution in [1.29, 1.82) is 0 Å². The van der Waals surface area contributed by atoms with Gasteiger partial charge in [0, 0.05) is 17.1 Å². The first-order valence-corrected chi connectivity index (χ1v) is 9.55. The highest BCUT2D eigenvalue weighted by atomic mass is 32.1. The van der Waals surface area contributed by atoms with Crippen molar-refractivity contribution in [3.63, 3.8) is 0 Å². The Morgan fingerprint density at radius 3 is 2.57 bits per heavy atom. The number of nitrogens with one attached hydrogen (secondary N) is 1. The van der Waals surface area contributed by atoms with Crippen molar-refractivity contribution in [1.82, 2.24) is 14.8 Å². The third-order valence-electron chi connectivity index (χ3n) is 4.18. The molecule has 0 aliphatic rings. The molecule has 0 bridgehead atoms. The van der Waals surface area contributed by atoms with Gasteiger partial charge in [0.1, 0.15) is 11.4 Å². The van der Waals surface area contributed by atoms with Crippen molar-refractivity contribution in [3.8, 4) is 22.7 Å². The zero-order valence-electron chi connectivity index (χ0n) is 15.4. The van der Waals surface area contributed by atoms with Gasteiger partial charge in [0.25, 0.3) is 5.91 Å². The number of aromatic nitrogens is 3. The number of rotatable bonds is 5. The molecule has 0 spiro atoms. The van der Waals surface area contributed by atoms with Gasteiger partial charge >= 0.3 is 0 Å². The average Bonchev–Trinajstić information content (AvgIpc) is 3.35. The van der Waals surface area contributed by atoms with Crippen LogP contribution in [0, 0.1) is 6.92 Å². The van der Waals surface area contributed by atoms with E-state index in [0.717, 1.165) is 16.9 Å². The molecule has 7 heteroatoms. The van der Waals surface area contributed by atoms with Crippen molar-refractivity contribution in [2.45, 2.75) is 6.92 Å². The molecule has 0 radical (unpaired) electrons. The molecule has 0 fully saturated rings. The Labute approximate surface area is 166 Å². The van der Waals surface area contributed by atoms with Gasteiger partial charge in [0.05, 0.1) is 24.1 Å². The first kappa shape index (κ1) is 17.9. The number of anilines is 1. The first-order chi connectivity index (χ1) is 13.7. The van der Waals surface area contributed by atoms with Gasteiger partial charge in [-0.1, -0.05) is 30.3 Å². The molecule has 0 aliphatic carbocycles. The van der Waals surface area contributed by atoms with Gasteiger partial charge in [-0.15, -0.1) is 11.3 Å². The topological polar surface area (TPSA) is 69.0 Å². The standard InChI is InChI=1S/C21H18N4O2S/c1-14-13-28-21(22-14)23-20(26)17-12-25(15-8-4-3-5-9-15)24-19(17)16-10-6-7-11-18(16)27-2/h3-13H,1-2H3,(H,22,23,26). The van der Waals surface area contributed by atoms with E-state index in [9.17, 15) is 4.79 Å². The summed E-state index contributed by atoms with van der Waals surface area (Å²) in [6.45, 7) is 1.89. The van der Waals surface area contributed by atoms with Crippen LogP contribution in [0.4, 0.5) is 5.13 Å². The molecule has 0 unspecified atom stereocenters. The second-order valence-electron chi connectivity index (χ2n) is 6.12. The van der Waals surface area contributed by atoms with E-state index in [4.69, 9.17) is 4.74 Å². The van der Waals surface area contributed by atoms with Crippen molar-refractivity contribution in [3.05, 3.63) is 77.4 Å². The smallest absolute Gasteiger partial charge is 0.261 e. The Morgan fingerprint density at radius 1 is 1.11 bits per heavy atom. The van der Waals surface area contributed by atoms with Crippen molar-refractivity contribution in [2.75, 3.05) is 12.4 Å². The van der Waals surface area contributed by atoms with Gasteiger partial charge in [-0.3, -0.25) is 10.1 Å². The number of nitrogens with zero attached hydrogens (tertiary/aromatic N) is 3. The number of hydrogen-bond acceptors (Lipinski definition) is 5. The van der Waals surface area contributed by atoms with E-state index in [1.54, 1.807) is 18.0 Å². The summed E-state index contributed by atoms with van der Waals surface area (Å²) in [5.74, 6) is 0.386. The van der Waals surface area contributed by atoms with Crippen LogP contribution in [0.3, 0.4) is 0 Å². The number of carbonyl (C=O) groups excluding carboxylic acids is 1. The zero-order chi connectivity index (χ0) is 19.5. The Hall–Kier alpha value is -3.45. The lowest BCUT2D eigenvalue weighted by Gasteiger charge is -2.07. The summed E-state index contributed by atoms with van der Waals surface area (Å²) in [5.41, 5.74) is 3.47. The Bertz CT molecular complexity index is 1120. The minimum atomic E-state index is -0.266. The minimum Gasteiger partial charge on any atom is -0.496 e. The SMILES string of the molecule is COc1ccccc1-c1nn(-c2ccccc2)cc1C(=O)Nc1nc(C)cs1. The molecule has 1 N–H and O–H groups in total. The molecule has 1 amide bonds. The number of para-hydroxylation sites is 2. The summed E-state index contributed by atoms with van der Waals surface area (Å²) >= 11 is 1.39. The van der Waals surface area contributed by atoms with Crippen LogP contribution in [-0.4, -0.2) is 27.8 Å². The highest BCUT2D eigenvalue weighted by molar-refractivity contribution is 7.13. The van der Waals surface area contributed by atoms with Crippen LogP contribution in [0.5, 0.6) is 5.75 Å². The van der Waals surface area contributed by atoms with Gasteiger partial charge in [-0.05, 0) is 31.2 Å². The summed E-state index contributed by atoms with van der Waals surface area (Å²) in [4.78, 5) is 17.3. The maximum absolute atomic E-state index is 13.0. The number of benzene rings is 2. The van der Waals surface area contributed by atoms with Crippen molar-refractivity contribution in [2.24, 2.45) is 0 Å². The van der Waals surface area contributed by atoms with Crippen LogP contribution >= 0.6 is 11.3 Å². The maximum atomic E-state index is 13.0. The molecule has 0 saturated heterocycles. The summed E-state index contributed by atoms with van der Waals surface area (Å²) in [6, 6.07) is 17.2. The number of thiazole rings is 1. The van der Waals surface area contributed by atoms with Gasteiger partial charge < -0.3 is 4.74 Å². The van der Waals surface area contributed by atoms with E-state index in [1.165, 1.54) is 11.3 Å². The Kier molecular flexibility index (Phi) is 4.90. The van der Waals surface area contributed by atoms with Gasteiger partial charge in [-0.2, -0.15) is 5.10 Å². The molecule has 0 aliphatic heterocycles. The van der Waals surface area contributed by atoms with Crippen LogP contribution in [0.2, 0.25) is 0 Å². The number of aryl methyl sites for hydroxylation is 1. The highest BCUT2D eigenvalue weighted by Crippen LogP contribution is 2.32. The molecule has 140 valence electrons. The Balaban J connectivity index is 1.81. The van der Waals surface area contributed by atoms with E-state index in [0.29, 0.717) is 22.1 Å². The van der Waals surface area contributed by atoms with Crippen LogP contribution in [0.25, 0.3) is 16.9 Å². The highest BCUT2D eigenvalue weighted by Gasteiger charge is 2.21. The van der Waals surface area contributed by atoms with Crippen molar-refractivity contribution >= 4 is 22.4 Å². The number of amides is 1. The summed E-state index contributed by atoms with van der Waals surface area (Å²) in [6.07, 6.45) is 1.73. The minimum absolute atomic E-state index is 0.266.